The largest absolute Gasteiger partial charge is 0.479 e. The number of carboxylic acid groups (broad SMARTS) is 1. The van der Waals surface area contributed by atoms with Crippen LogP contribution in [0.2, 0.25) is 0 Å². The van der Waals surface area contributed by atoms with Crippen molar-refractivity contribution >= 4 is 21.9 Å². The van der Waals surface area contributed by atoms with Crippen LogP contribution in [0.1, 0.15) is 13.3 Å². The molecule has 1 N–H and O–H groups in total. The first kappa shape index (κ1) is 9.91. The summed E-state index contributed by atoms with van der Waals surface area (Å²) >= 11 is 3.14. The summed E-state index contributed by atoms with van der Waals surface area (Å²) in [6.45, 7) is 2.23. The standard InChI is InChI=1S/C6H11BrO3/c1-2-10-5(3-4-7)6(8)9/h5H,2-4H2,1H3,(H,8,9). The second-order valence-corrected chi connectivity index (χ2v) is 2.55. The Hall–Kier alpha value is -0.0900. The quantitative estimate of drug-likeness (QED) is 0.696. The Kier molecular flexibility index (Phi) is 5.63. The molecule has 0 heterocycles. The molecule has 0 bridgehead atoms. The summed E-state index contributed by atoms with van der Waals surface area (Å²) in [5, 5.41) is 9.15. The van der Waals surface area contributed by atoms with Gasteiger partial charge >= 0.3 is 5.97 Å². The van der Waals surface area contributed by atoms with Crippen molar-refractivity contribution in [3.8, 4) is 0 Å². The second-order valence-electron chi connectivity index (χ2n) is 1.76. The summed E-state index contributed by atoms with van der Waals surface area (Å²) in [7, 11) is 0. The first-order valence-electron chi connectivity index (χ1n) is 3.12. The SMILES string of the molecule is CCOC(CCBr)C(=O)O. The van der Waals surface area contributed by atoms with E-state index in [0.29, 0.717) is 18.4 Å². The predicted molar refractivity (Wildman–Crippen MR) is 41.5 cm³/mol. The molecule has 0 aromatic rings. The second kappa shape index (κ2) is 5.68. The van der Waals surface area contributed by atoms with Gasteiger partial charge in [0, 0.05) is 11.9 Å². The van der Waals surface area contributed by atoms with Crippen LogP contribution in [0.3, 0.4) is 0 Å². The van der Waals surface area contributed by atoms with Gasteiger partial charge in [-0.1, -0.05) is 15.9 Å². The van der Waals surface area contributed by atoms with Gasteiger partial charge in [0.25, 0.3) is 0 Å². The lowest BCUT2D eigenvalue weighted by Gasteiger charge is -2.09. The van der Waals surface area contributed by atoms with Crippen LogP contribution in [-0.4, -0.2) is 29.1 Å². The van der Waals surface area contributed by atoms with Gasteiger partial charge in [-0.05, 0) is 13.3 Å². The van der Waals surface area contributed by atoms with Crippen LogP contribution in [-0.2, 0) is 9.53 Å². The number of hydrogen-bond acceptors (Lipinski definition) is 2. The third-order valence-electron chi connectivity index (χ3n) is 1.01. The van der Waals surface area contributed by atoms with Crippen LogP contribution >= 0.6 is 15.9 Å². The van der Waals surface area contributed by atoms with Gasteiger partial charge in [0.15, 0.2) is 6.10 Å². The van der Waals surface area contributed by atoms with Gasteiger partial charge in [-0.3, -0.25) is 0 Å². The van der Waals surface area contributed by atoms with Crippen LogP contribution in [0, 0.1) is 0 Å². The van der Waals surface area contributed by atoms with Gasteiger partial charge in [-0.25, -0.2) is 4.79 Å². The average molecular weight is 211 g/mol. The van der Waals surface area contributed by atoms with Crippen LogP contribution in [0.15, 0.2) is 0 Å². The smallest absolute Gasteiger partial charge is 0.332 e. The molecule has 0 aliphatic carbocycles. The summed E-state index contributed by atoms with van der Waals surface area (Å²) in [5.74, 6) is -0.888. The normalized spacial score (nSPS) is 13.0. The molecule has 0 radical (unpaired) electrons. The Labute approximate surface area is 68.5 Å². The molecule has 0 rings (SSSR count). The number of alkyl halides is 1. The number of carbonyl (C=O) groups is 1. The number of hydrogen-bond donors (Lipinski definition) is 1. The third-order valence-corrected chi connectivity index (χ3v) is 1.47. The van der Waals surface area contributed by atoms with Crippen LogP contribution in [0.5, 0.6) is 0 Å². The minimum Gasteiger partial charge on any atom is -0.479 e. The van der Waals surface area contributed by atoms with Crippen LogP contribution in [0.4, 0.5) is 0 Å². The van der Waals surface area contributed by atoms with Gasteiger partial charge in [-0.15, -0.1) is 0 Å². The molecule has 1 atom stereocenters. The maximum absolute atomic E-state index is 10.3. The van der Waals surface area contributed by atoms with E-state index in [9.17, 15) is 4.79 Å². The first-order chi connectivity index (χ1) is 4.72. The van der Waals surface area contributed by atoms with Gasteiger partial charge < -0.3 is 9.84 Å². The predicted octanol–water partition coefficient (Wildman–Crippen LogP) is 1.26. The zero-order valence-electron chi connectivity index (χ0n) is 5.84. The summed E-state index contributed by atoms with van der Waals surface area (Å²) in [6.07, 6.45) is -0.132. The van der Waals surface area contributed by atoms with Crippen molar-refractivity contribution < 1.29 is 14.6 Å². The van der Waals surface area contributed by atoms with E-state index in [0.717, 1.165) is 0 Å². The van der Waals surface area contributed by atoms with E-state index in [4.69, 9.17) is 9.84 Å². The number of rotatable bonds is 5. The van der Waals surface area contributed by atoms with Crippen molar-refractivity contribution in [2.24, 2.45) is 0 Å². The van der Waals surface area contributed by atoms with Gasteiger partial charge in [0.2, 0.25) is 0 Å². The van der Waals surface area contributed by atoms with Crippen molar-refractivity contribution in [2.75, 3.05) is 11.9 Å². The van der Waals surface area contributed by atoms with Crippen molar-refractivity contribution in [3.05, 3.63) is 0 Å². The fourth-order valence-corrected chi connectivity index (χ4v) is 0.994. The fraction of sp³-hybridized carbons (Fsp3) is 0.833. The molecule has 0 fully saturated rings. The highest BCUT2D eigenvalue weighted by Crippen LogP contribution is 2.01. The van der Waals surface area contributed by atoms with Crippen LogP contribution in [0.25, 0.3) is 0 Å². The van der Waals surface area contributed by atoms with E-state index in [-0.39, 0.29) is 0 Å². The average Bonchev–Trinajstić information content (AvgIpc) is 1.87. The lowest BCUT2D eigenvalue weighted by atomic mass is 10.3. The molecule has 0 spiro atoms. The molecule has 1 unspecified atom stereocenters. The minimum absolute atomic E-state index is 0.448. The topological polar surface area (TPSA) is 46.5 Å². The summed E-state index contributed by atoms with van der Waals surface area (Å²) in [5.41, 5.74) is 0. The summed E-state index contributed by atoms with van der Waals surface area (Å²) in [6, 6.07) is 0. The minimum atomic E-state index is -0.888. The molecule has 4 heteroatoms. The molecule has 0 amide bonds. The number of ether oxygens (including phenoxy) is 1. The van der Waals surface area contributed by atoms with Crippen molar-refractivity contribution in [1.29, 1.82) is 0 Å². The molecule has 3 nitrogen and oxygen atoms in total. The van der Waals surface area contributed by atoms with E-state index in [2.05, 4.69) is 15.9 Å². The molecule has 0 aromatic carbocycles. The van der Waals surface area contributed by atoms with E-state index >= 15 is 0 Å². The lowest BCUT2D eigenvalue weighted by Crippen LogP contribution is -2.24. The van der Waals surface area contributed by atoms with Crippen LogP contribution < -0.4 is 0 Å². The molecule has 0 saturated carbocycles. The zero-order chi connectivity index (χ0) is 7.98. The van der Waals surface area contributed by atoms with E-state index in [1.807, 2.05) is 0 Å². The van der Waals surface area contributed by atoms with Gasteiger partial charge in [0.1, 0.15) is 0 Å². The van der Waals surface area contributed by atoms with E-state index in [1.165, 1.54) is 0 Å². The molecule has 0 aromatic heterocycles. The van der Waals surface area contributed by atoms with Crippen molar-refractivity contribution in [1.82, 2.24) is 0 Å². The van der Waals surface area contributed by atoms with Crippen molar-refractivity contribution in [2.45, 2.75) is 19.4 Å². The van der Waals surface area contributed by atoms with E-state index in [1.54, 1.807) is 6.92 Å². The first-order valence-corrected chi connectivity index (χ1v) is 4.24. The third kappa shape index (κ3) is 3.85. The highest BCUT2D eigenvalue weighted by atomic mass is 79.9. The highest BCUT2D eigenvalue weighted by molar-refractivity contribution is 9.09. The fourth-order valence-electron chi connectivity index (χ4n) is 0.578. The Morgan fingerprint density at radius 2 is 2.40 bits per heavy atom. The van der Waals surface area contributed by atoms with Crippen molar-refractivity contribution in [3.63, 3.8) is 0 Å². The highest BCUT2D eigenvalue weighted by Gasteiger charge is 2.15. The maximum Gasteiger partial charge on any atom is 0.332 e. The van der Waals surface area contributed by atoms with Gasteiger partial charge in [0.05, 0.1) is 0 Å². The van der Waals surface area contributed by atoms with E-state index < -0.39 is 12.1 Å². The summed E-state index contributed by atoms with van der Waals surface area (Å²) in [4.78, 5) is 10.3. The Bertz CT molecular complexity index is 99.2. The molecular weight excluding hydrogens is 200 g/mol. The Morgan fingerprint density at radius 1 is 1.80 bits per heavy atom. The zero-order valence-corrected chi connectivity index (χ0v) is 7.43. The number of carboxylic acids is 1. The molecular formula is C6H11BrO3. The monoisotopic (exact) mass is 210 g/mol. The molecule has 0 saturated heterocycles. The molecule has 0 aliphatic rings. The molecule has 60 valence electrons. The molecule has 10 heavy (non-hydrogen) atoms. The Morgan fingerprint density at radius 3 is 2.70 bits per heavy atom. The Balaban J connectivity index is 3.61. The lowest BCUT2D eigenvalue weighted by molar-refractivity contribution is -0.150. The number of aliphatic carboxylic acids is 1. The van der Waals surface area contributed by atoms with Gasteiger partial charge in [-0.2, -0.15) is 0 Å². The summed E-state index contributed by atoms with van der Waals surface area (Å²) < 4.78 is 4.91. The molecule has 0 aliphatic heterocycles. The maximum atomic E-state index is 10.3. The number of halogens is 1.